The summed E-state index contributed by atoms with van der Waals surface area (Å²) in [5.74, 6) is 1.87. The van der Waals surface area contributed by atoms with Gasteiger partial charge in [-0.15, -0.1) is 0 Å². The molecule has 3 fully saturated rings. The minimum atomic E-state index is -0.353. The van der Waals surface area contributed by atoms with Crippen molar-refractivity contribution >= 4 is 6.08 Å². The number of hydrogen-bond donors (Lipinski definition) is 2. The Kier molecular flexibility index (Phi) is 4.65. The predicted octanol–water partition coefficient (Wildman–Crippen LogP) is 4.71. The number of rotatable bonds is 1. The summed E-state index contributed by atoms with van der Waals surface area (Å²) in [5, 5.41) is 26.3. The first-order valence-electron chi connectivity index (χ1n) is 11.9. The summed E-state index contributed by atoms with van der Waals surface area (Å²) in [7, 11) is 1.99. The monoisotopic (exact) mass is 410 g/mol. The summed E-state index contributed by atoms with van der Waals surface area (Å²) in [4.78, 5) is 0. The fraction of sp³-hybridized carbons (Fsp3) is 0.731. The molecule has 0 bridgehead atoms. The second-order valence-electron chi connectivity index (χ2n) is 11.2. The number of allylic oxidation sites excluding steroid dienone is 1. The number of nitrogens with zero attached hydrogens (tertiary/aromatic N) is 2. The molecule has 5 rings (SSSR count). The van der Waals surface area contributed by atoms with E-state index in [9.17, 15) is 10.2 Å². The fourth-order valence-corrected chi connectivity index (χ4v) is 7.82. The standard InChI is InChI=1S/C26H38N2O2/c1-15-21(16(2)28(5)27-15)12-17-13-23-20-7-6-18-14-19(29)8-10-25(18,3)22(20)9-11-26(23,4)24(17)30/h6,12,19-20,22-24,29-30H,7-11,13-14H2,1-5H3/b17-12-/t19-,20-,22+,23+,24-,25+,26+/m1/s1. The van der Waals surface area contributed by atoms with Gasteiger partial charge in [0.05, 0.1) is 17.9 Å². The van der Waals surface area contributed by atoms with Crippen LogP contribution in [0.2, 0.25) is 0 Å². The van der Waals surface area contributed by atoms with Crippen LogP contribution in [0.3, 0.4) is 0 Å². The molecule has 0 unspecified atom stereocenters. The Morgan fingerprint density at radius 1 is 1.10 bits per heavy atom. The zero-order valence-electron chi connectivity index (χ0n) is 19.3. The van der Waals surface area contributed by atoms with Crippen molar-refractivity contribution in [2.75, 3.05) is 0 Å². The SMILES string of the molecule is Cc1nn(C)c(C)c1/C=C1/C[C@H]2[C@@H]3CC=C4C[C@H](O)CC[C@]4(C)[C@H]3CC[C@]2(C)[C@@H]1O. The normalized spacial score (nSPS) is 44.4. The first-order chi connectivity index (χ1) is 14.1. The number of aryl methyl sites for hydroxylation is 2. The molecule has 2 N–H and O–H groups in total. The van der Waals surface area contributed by atoms with Gasteiger partial charge in [0.15, 0.2) is 0 Å². The Labute approximate surface area is 181 Å². The number of hydrogen-bond acceptors (Lipinski definition) is 3. The van der Waals surface area contributed by atoms with Crippen LogP contribution in [-0.4, -0.2) is 32.2 Å². The molecule has 3 saturated carbocycles. The quantitative estimate of drug-likeness (QED) is 0.659. The molecule has 1 aromatic heterocycles. The summed E-state index contributed by atoms with van der Waals surface area (Å²) >= 11 is 0. The van der Waals surface area contributed by atoms with Crippen LogP contribution < -0.4 is 0 Å². The summed E-state index contributed by atoms with van der Waals surface area (Å²) in [6.07, 6.45) is 11.6. The average Bonchev–Trinajstić information content (AvgIpc) is 3.10. The van der Waals surface area contributed by atoms with Gasteiger partial charge in [-0.1, -0.05) is 25.5 Å². The average molecular weight is 411 g/mol. The molecule has 4 heteroatoms. The molecule has 0 aromatic carbocycles. The van der Waals surface area contributed by atoms with Gasteiger partial charge in [0.1, 0.15) is 0 Å². The van der Waals surface area contributed by atoms with Gasteiger partial charge in [-0.05, 0) is 93.6 Å². The van der Waals surface area contributed by atoms with Crippen molar-refractivity contribution < 1.29 is 10.2 Å². The lowest BCUT2D eigenvalue weighted by Crippen LogP contribution is -2.51. The first-order valence-corrected chi connectivity index (χ1v) is 11.9. The lowest BCUT2D eigenvalue weighted by Gasteiger charge is -2.57. The van der Waals surface area contributed by atoms with Gasteiger partial charge >= 0.3 is 0 Å². The molecule has 1 heterocycles. The van der Waals surface area contributed by atoms with E-state index in [0.29, 0.717) is 17.8 Å². The van der Waals surface area contributed by atoms with Crippen LogP contribution in [-0.2, 0) is 7.05 Å². The van der Waals surface area contributed by atoms with Gasteiger partial charge in [0.2, 0.25) is 0 Å². The number of aliphatic hydroxyl groups excluding tert-OH is 2. The van der Waals surface area contributed by atoms with E-state index >= 15 is 0 Å². The Balaban J connectivity index is 1.49. The van der Waals surface area contributed by atoms with E-state index in [1.165, 1.54) is 28.8 Å². The maximum atomic E-state index is 11.5. The molecule has 0 spiro atoms. The summed E-state index contributed by atoms with van der Waals surface area (Å²) in [6, 6.07) is 0. The fourth-order valence-electron chi connectivity index (χ4n) is 7.82. The molecule has 0 aliphatic heterocycles. The summed E-state index contributed by atoms with van der Waals surface area (Å²) in [5.41, 5.74) is 6.35. The van der Waals surface area contributed by atoms with E-state index in [-0.39, 0.29) is 23.0 Å². The lowest BCUT2D eigenvalue weighted by atomic mass is 9.48. The molecule has 4 aliphatic rings. The van der Waals surface area contributed by atoms with Crippen LogP contribution in [0, 0.1) is 42.4 Å². The molecule has 4 nitrogen and oxygen atoms in total. The second-order valence-corrected chi connectivity index (χ2v) is 11.2. The summed E-state index contributed by atoms with van der Waals surface area (Å²) in [6.45, 7) is 8.99. The van der Waals surface area contributed by atoms with Crippen LogP contribution in [0.15, 0.2) is 17.2 Å². The van der Waals surface area contributed by atoms with Crippen molar-refractivity contribution in [1.82, 2.24) is 9.78 Å². The van der Waals surface area contributed by atoms with Crippen LogP contribution in [0.1, 0.15) is 75.7 Å². The second kappa shape index (κ2) is 6.80. The third-order valence-electron chi connectivity index (χ3n) is 9.84. The molecule has 164 valence electrons. The highest BCUT2D eigenvalue weighted by Crippen LogP contribution is 2.65. The van der Waals surface area contributed by atoms with Gasteiger partial charge in [-0.3, -0.25) is 4.68 Å². The van der Waals surface area contributed by atoms with Gasteiger partial charge in [-0.25, -0.2) is 0 Å². The molecule has 1 aromatic rings. The zero-order valence-corrected chi connectivity index (χ0v) is 19.3. The van der Waals surface area contributed by atoms with E-state index in [2.05, 4.69) is 44.9 Å². The lowest BCUT2D eigenvalue weighted by molar-refractivity contribution is -0.0685. The third-order valence-corrected chi connectivity index (χ3v) is 9.84. The Morgan fingerprint density at radius 3 is 2.57 bits per heavy atom. The number of fused-ring (bicyclic) bond motifs is 5. The predicted molar refractivity (Wildman–Crippen MR) is 120 cm³/mol. The largest absolute Gasteiger partial charge is 0.393 e. The third kappa shape index (κ3) is 2.75. The summed E-state index contributed by atoms with van der Waals surface area (Å²) < 4.78 is 1.94. The highest BCUT2D eigenvalue weighted by molar-refractivity contribution is 5.59. The molecule has 4 aliphatic carbocycles. The van der Waals surface area contributed by atoms with Crippen molar-refractivity contribution in [2.45, 2.75) is 84.8 Å². The molecule has 30 heavy (non-hydrogen) atoms. The zero-order chi connectivity index (χ0) is 21.4. The van der Waals surface area contributed by atoms with Crippen LogP contribution in [0.5, 0.6) is 0 Å². The van der Waals surface area contributed by atoms with Crippen molar-refractivity contribution in [3.63, 3.8) is 0 Å². The molecular weight excluding hydrogens is 372 g/mol. The minimum absolute atomic E-state index is 0.0209. The topological polar surface area (TPSA) is 58.3 Å². The van der Waals surface area contributed by atoms with E-state index in [1.54, 1.807) is 0 Å². The van der Waals surface area contributed by atoms with Gasteiger partial charge in [0, 0.05) is 23.7 Å². The van der Waals surface area contributed by atoms with Crippen molar-refractivity contribution in [1.29, 1.82) is 0 Å². The molecule has 0 saturated heterocycles. The van der Waals surface area contributed by atoms with Crippen LogP contribution in [0.4, 0.5) is 0 Å². The van der Waals surface area contributed by atoms with Gasteiger partial charge in [-0.2, -0.15) is 5.10 Å². The Hall–Kier alpha value is -1.39. The Bertz CT molecular complexity index is 928. The highest BCUT2D eigenvalue weighted by Gasteiger charge is 2.59. The van der Waals surface area contributed by atoms with Gasteiger partial charge in [0.25, 0.3) is 0 Å². The Morgan fingerprint density at radius 2 is 1.87 bits per heavy atom. The molecule has 7 atom stereocenters. The van der Waals surface area contributed by atoms with Gasteiger partial charge < -0.3 is 10.2 Å². The van der Waals surface area contributed by atoms with Crippen molar-refractivity contribution in [2.24, 2.45) is 35.6 Å². The molecule has 0 amide bonds. The van der Waals surface area contributed by atoms with Crippen molar-refractivity contribution in [3.8, 4) is 0 Å². The molecule has 0 radical (unpaired) electrons. The van der Waals surface area contributed by atoms with E-state index in [1.807, 2.05) is 11.7 Å². The van der Waals surface area contributed by atoms with Crippen LogP contribution >= 0.6 is 0 Å². The van der Waals surface area contributed by atoms with E-state index in [0.717, 1.165) is 44.2 Å². The number of aliphatic hydroxyl groups is 2. The molecular formula is C26H38N2O2. The minimum Gasteiger partial charge on any atom is -0.393 e. The maximum Gasteiger partial charge on any atom is 0.0809 e. The number of aromatic nitrogens is 2. The maximum absolute atomic E-state index is 11.5. The van der Waals surface area contributed by atoms with Crippen LogP contribution in [0.25, 0.3) is 6.08 Å². The van der Waals surface area contributed by atoms with E-state index in [4.69, 9.17) is 0 Å². The van der Waals surface area contributed by atoms with E-state index < -0.39 is 0 Å². The van der Waals surface area contributed by atoms with Crippen molar-refractivity contribution in [3.05, 3.63) is 34.2 Å². The highest BCUT2D eigenvalue weighted by atomic mass is 16.3. The smallest absolute Gasteiger partial charge is 0.0809 e. The first kappa shape index (κ1) is 20.5.